The maximum Gasteiger partial charge on any atom is 0.183 e. The molecule has 10 heavy (non-hydrogen) atoms. The lowest BCUT2D eigenvalue weighted by Gasteiger charge is -2.33. The quantitative estimate of drug-likeness (QED) is 0.364. The van der Waals surface area contributed by atoms with Crippen LogP contribution in [0.5, 0.6) is 0 Å². The summed E-state index contributed by atoms with van der Waals surface area (Å²) in [6, 6.07) is 0. The van der Waals surface area contributed by atoms with E-state index in [1.165, 1.54) is 0 Å². The summed E-state index contributed by atoms with van der Waals surface area (Å²) in [5, 5.41) is 9.54. The Kier molecular flexibility index (Phi) is 3.81. The fourth-order valence-corrected chi connectivity index (χ4v) is 0.640. The molecule has 0 amide bonds. The van der Waals surface area contributed by atoms with Crippen LogP contribution in [-0.4, -0.2) is 36.5 Å². The van der Waals surface area contributed by atoms with Crippen molar-refractivity contribution >= 4 is 0 Å². The van der Waals surface area contributed by atoms with Gasteiger partial charge in [-0.1, -0.05) is 6.92 Å². The predicted molar refractivity (Wildman–Crippen MR) is 41.1 cm³/mol. The van der Waals surface area contributed by atoms with Crippen molar-refractivity contribution < 1.29 is 5.11 Å². The van der Waals surface area contributed by atoms with Gasteiger partial charge in [-0.05, 0) is 27.6 Å². The third kappa shape index (κ3) is 2.62. The van der Waals surface area contributed by atoms with E-state index >= 15 is 0 Å². The van der Waals surface area contributed by atoms with Crippen molar-refractivity contribution in [3.05, 3.63) is 0 Å². The Morgan fingerprint density at radius 3 is 2.40 bits per heavy atom. The van der Waals surface area contributed by atoms with E-state index in [2.05, 4.69) is 10.9 Å². The number of nitrogens with zero attached hydrogens (tertiary/aromatic N) is 1. The van der Waals surface area contributed by atoms with Crippen molar-refractivity contribution in [3.63, 3.8) is 0 Å². The Labute approximate surface area is 62.2 Å². The van der Waals surface area contributed by atoms with Crippen LogP contribution in [-0.2, 0) is 0 Å². The van der Waals surface area contributed by atoms with Crippen molar-refractivity contribution in [1.29, 1.82) is 0 Å². The second-order valence-electron chi connectivity index (χ2n) is 2.41. The maximum absolute atomic E-state index is 9.54. The highest BCUT2D eigenvalue weighted by atomic mass is 16.3. The van der Waals surface area contributed by atoms with Crippen LogP contribution >= 0.6 is 0 Å². The van der Waals surface area contributed by atoms with Gasteiger partial charge < -0.3 is 5.11 Å². The van der Waals surface area contributed by atoms with Crippen LogP contribution in [0.1, 0.15) is 13.8 Å². The largest absolute Gasteiger partial charge is 0.362 e. The molecule has 0 saturated carbocycles. The van der Waals surface area contributed by atoms with Gasteiger partial charge >= 0.3 is 0 Å². The Morgan fingerprint density at radius 1 is 1.60 bits per heavy atom. The molecule has 1 unspecified atom stereocenters. The number of hydrazine groups is 1. The average molecular weight is 147 g/mol. The smallest absolute Gasteiger partial charge is 0.183 e. The monoisotopic (exact) mass is 147 g/mol. The summed E-state index contributed by atoms with van der Waals surface area (Å²) < 4.78 is 0. The van der Waals surface area contributed by atoms with Crippen molar-refractivity contribution in [2.45, 2.75) is 19.7 Å². The standard InChI is InChI=1S/C6H17N3O/c1-5-9(4)6(2,10)8-7-3/h7-8,10H,5H2,1-4H3. The van der Waals surface area contributed by atoms with E-state index in [0.29, 0.717) is 0 Å². The summed E-state index contributed by atoms with van der Waals surface area (Å²) in [6.07, 6.45) is 0. The summed E-state index contributed by atoms with van der Waals surface area (Å²) in [7, 11) is 3.56. The van der Waals surface area contributed by atoms with E-state index in [4.69, 9.17) is 0 Å². The van der Waals surface area contributed by atoms with E-state index in [0.717, 1.165) is 6.54 Å². The molecule has 0 rings (SSSR count). The van der Waals surface area contributed by atoms with Crippen molar-refractivity contribution in [3.8, 4) is 0 Å². The van der Waals surface area contributed by atoms with Gasteiger partial charge in [0.1, 0.15) is 0 Å². The Morgan fingerprint density at radius 2 is 2.10 bits per heavy atom. The van der Waals surface area contributed by atoms with Gasteiger partial charge in [0, 0.05) is 0 Å². The molecule has 0 aromatic heterocycles. The molecule has 0 aromatic carbocycles. The van der Waals surface area contributed by atoms with Crippen LogP contribution < -0.4 is 10.9 Å². The second-order valence-corrected chi connectivity index (χ2v) is 2.41. The van der Waals surface area contributed by atoms with Crippen LogP contribution in [0.25, 0.3) is 0 Å². The molecule has 0 fully saturated rings. The van der Waals surface area contributed by atoms with E-state index in [1.807, 2.05) is 14.0 Å². The highest BCUT2D eigenvalue weighted by Crippen LogP contribution is 2.01. The molecule has 0 bridgehead atoms. The van der Waals surface area contributed by atoms with Crippen molar-refractivity contribution in [2.75, 3.05) is 20.6 Å². The average Bonchev–Trinajstić information content (AvgIpc) is 1.86. The third-order valence-electron chi connectivity index (χ3n) is 1.58. The molecule has 0 aromatic rings. The van der Waals surface area contributed by atoms with Crippen LogP contribution in [0.2, 0.25) is 0 Å². The zero-order valence-corrected chi connectivity index (χ0v) is 7.10. The second kappa shape index (κ2) is 3.88. The zero-order valence-electron chi connectivity index (χ0n) is 7.10. The van der Waals surface area contributed by atoms with Gasteiger partial charge in [-0.2, -0.15) is 0 Å². The van der Waals surface area contributed by atoms with E-state index in [9.17, 15) is 5.11 Å². The minimum absolute atomic E-state index is 0.793. The van der Waals surface area contributed by atoms with Gasteiger partial charge in [0.15, 0.2) is 5.85 Å². The number of rotatable bonds is 4. The van der Waals surface area contributed by atoms with Gasteiger partial charge in [0.2, 0.25) is 0 Å². The van der Waals surface area contributed by atoms with Crippen molar-refractivity contribution in [2.24, 2.45) is 0 Å². The SMILES string of the molecule is CCN(C)C(C)(O)NNC. The van der Waals surface area contributed by atoms with E-state index in [-0.39, 0.29) is 0 Å². The highest BCUT2D eigenvalue weighted by Gasteiger charge is 2.22. The maximum atomic E-state index is 9.54. The fraction of sp³-hybridized carbons (Fsp3) is 1.00. The molecule has 0 aliphatic carbocycles. The summed E-state index contributed by atoms with van der Waals surface area (Å²) in [4.78, 5) is 1.78. The molecule has 0 radical (unpaired) electrons. The topological polar surface area (TPSA) is 47.5 Å². The Balaban J connectivity index is 3.82. The van der Waals surface area contributed by atoms with Gasteiger partial charge in [0.25, 0.3) is 0 Å². The van der Waals surface area contributed by atoms with Crippen molar-refractivity contribution in [1.82, 2.24) is 15.8 Å². The van der Waals surface area contributed by atoms with Gasteiger partial charge in [-0.3, -0.25) is 10.3 Å². The molecule has 0 aliphatic rings. The predicted octanol–water partition coefficient (Wildman–Crippen LogP) is -0.672. The Bertz CT molecular complexity index is 95.0. The number of hydrogen-bond acceptors (Lipinski definition) is 4. The molecule has 62 valence electrons. The lowest BCUT2D eigenvalue weighted by atomic mass is 10.4. The van der Waals surface area contributed by atoms with Gasteiger partial charge in [-0.15, -0.1) is 0 Å². The zero-order chi connectivity index (χ0) is 8.20. The molecule has 0 aliphatic heterocycles. The fourth-order valence-electron chi connectivity index (χ4n) is 0.640. The molecule has 1 atom stereocenters. The minimum atomic E-state index is -0.969. The minimum Gasteiger partial charge on any atom is -0.362 e. The summed E-state index contributed by atoms with van der Waals surface area (Å²) in [5.74, 6) is -0.969. The third-order valence-corrected chi connectivity index (χ3v) is 1.58. The van der Waals surface area contributed by atoms with Crippen LogP contribution in [0, 0.1) is 0 Å². The first-order chi connectivity index (χ1) is 4.54. The normalized spacial score (nSPS) is 17.4. The molecule has 0 saturated heterocycles. The molecular formula is C6H17N3O. The first kappa shape index (κ1) is 9.84. The number of aliphatic hydroxyl groups is 1. The molecule has 0 spiro atoms. The van der Waals surface area contributed by atoms with E-state index < -0.39 is 5.85 Å². The first-order valence-corrected chi connectivity index (χ1v) is 3.42. The number of hydrogen-bond donors (Lipinski definition) is 3. The first-order valence-electron chi connectivity index (χ1n) is 3.42. The molecule has 0 heterocycles. The summed E-state index contributed by atoms with van der Waals surface area (Å²) >= 11 is 0. The summed E-state index contributed by atoms with van der Waals surface area (Å²) in [5.41, 5.74) is 5.39. The molecule has 4 nitrogen and oxygen atoms in total. The van der Waals surface area contributed by atoms with Crippen LogP contribution in [0.3, 0.4) is 0 Å². The highest BCUT2D eigenvalue weighted by molar-refractivity contribution is 4.63. The van der Waals surface area contributed by atoms with E-state index in [1.54, 1.807) is 18.9 Å². The Hall–Kier alpha value is -0.160. The summed E-state index contributed by atoms with van der Waals surface area (Å²) in [6.45, 7) is 4.46. The molecule has 4 heteroatoms. The van der Waals surface area contributed by atoms with Gasteiger partial charge in [-0.25, -0.2) is 5.43 Å². The van der Waals surface area contributed by atoms with Crippen LogP contribution in [0.4, 0.5) is 0 Å². The molecular weight excluding hydrogens is 130 g/mol. The van der Waals surface area contributed by atoms with Crippen LogP contribution in [0.15, 0.2) is 0 Å². The van der Waals surface area contributed by atoms with Gasteiger partial charge in [0.05, 0.1) is 0 Å². The lowest BCUT2D eigenvalue weighted by Crippen LogP contribution is -2.59. The molecule has 3 N–H and O–H groups in total. The lowest BCUT2D eigenvalue weighted by molar-refractivity contribution is -0.113. The number of nitrogens with one attached hydrogen (secondary N) is 2.